The van der Waals surface area contributed by atoms with Crippen LogP contribution in [-0.2, 0) is 6.42 Å². The summed E-state index contributed by atoms with van der Waals surface area (Å²) in [5.41, 5.74) is 2.44. The number of benzene rings is 2. The molecular weight excluding hydrogens is 374 g/mol. The van der Waals surface area contributed by atoms with E-state index in [0.29, 0.717) is 46.5 Å². The van der Waals surface area contributed by atoms with E-state index >= 15 is 0 Å². The maximum Gasteiger partial charge on any atom is 0.261 e. The highest BCUT2D eigenvalue weighted by molar-refractivity contribution is 6.16. The molecule has 2 heterocycles. The summed E-state index contributed by atoms with van der Waals surface area (Å²) in [6.45, 7) is 0. The van der Waals surface area contributed by atoms with Gasteiger partial charge in [0.15, 0.2) is 0 Å². The van der Waals surface area contributed by atoms with Gasteiger partial charge in [-0.05, 0) is 18.4 Å². The standard InChI is InChI=1S/C25H21N3O2/c1-2-3-4-11-16-19-26-24-21(25(30)27-19)20(17-12-7-5-8-13-17)22(28-24)23(29)18-14-9-6-10-15-18/h1,5-10,12-15H,3-4,11,16H2,(H2,26,27,28,30). The van der Waals surface area contributed by atoms with Gasteiger partial charge in [0.05, 0.1) is 11.1 Å². The van der Waals surface area contributed by atoms with Gasteiger partial charge in [-0.1, -0.05) is 60.7 Å². The minimum absolute atomic E-state index is 0.178. The van der Waals surface area contributed by atoms with Gasteiger partial charge in [0.25, 0.3) is 5.56 Å². The Kier molecular flexibility index (Phi) is 5.58. The lowest BCUT2D eigenvalue weighted by Gasteiger charge is -2.05. The number of H-pyrrole nitrogens is 2. The van der Waals surface area contributed by atoms with Crippen LogP contribution in [0, 0.1) is 12.3 Å². The van der Waals surface area contributed by atoms with Crippen LogP contribution in [0.2, 0.25) is 0 Å². The maximum absolute atomic E-state index is 13.3. The van der Waals surface area contributed by atoms with E-state index in [9.17, 15) is 9.59 Å². The number of hydrogen-bond acceptors (Lipinski definition) is 3. The van der Waals surface area contributed by atoms with Gasteiger partial charge in [0.2, 0.25) is 5.78 Å². The van der Waals surface area contributed by atoms with E-state index in [1.165, 1.54) is 0 Å². The summed E-state index contributed by atoms with van der Waals surface area (Å²) < 4.78 is 0. The van der Waals surface area contributed by atoms with E-state index in [4.69, 9.17) is 6.42 Å². The second-order valence-electron chi connectivity index (χ2n) is 7.08. The number of aromatic amines is 2. The number of hydrogen-bond donors (Lipinski definition) is 2. The van der Waals surface area contributed by atoms with E-state index in [-0.39, 0.29) is 11.3 Å². The highest BCUT2D eigenvalue weighted by atomic mass is 16.1. The zero-order valence-corrected chi connectivity index (χ0v) is 16.4. The highest BCUT2D eigenvalue weighted by Crippen LogP contribution is 2.31. The summed E-state index contributed by atoms with van der Waals surface area (Å²) in [6.07, 6.45) is 8.32. The third-order valence-corrected chi connectivity index (χ3v) is 5.02. The number of aryl methyl sites for hydroxylation is 1. The molecule has 0 amide bonds. The Morgan fingerprint density at radius 3 is 2.37 bits per heavy atom. The first-order valence-electron chi connectivity index (χ1n) is 9.92. The first-order chi connectivity index (χ1) is 14.7. The molecule has 0 aliphatic carbocycles. The molecule has 148 valence electrons. The average molecular weight is 395 g/mol. The number of aromatic nitrogens is 3. The van der Waals surface area contributed by atoms with E-state index in [1.807, 2.05) is 48.5 Å². The molecule has 30 heavy (non-hydrogen) atoms. The molecule has 4 aromatic rings. The Morgan fingerprint density at radius 2 is 1.67 bits per heavy atom. The molecule has 0 atom stereocenters. The van der Waals surface area contributed by atoms with Crippen LogP contribution in [0.15, 0.2) is 65.5 Å². The molecule has 0 saturated heterocycles. The summed E-state index contributed by atoms with van der Waals surface area (Å²) >= 11 is 0. The second-order valence-corrected chi connectivity index (χ2v) is 7.08. The number of fused-ring (bicyclic) bond motifs is 1. The molecular formula is C25H21N3O2. The molecule has 0 unspecified atom stereocenters. The molecule has 0 radical (unpaired) electrons. The molecule has 4 rings (SSSR count). The molecule has 0 saturated carbocycles. The first kappa shape index (κ1) is 19.4. The van der Waals surface area contributed by atoms with Crippen molar-refractivity contribution in [2.45, 2.75) is 25.7 Å². The van der Waals surface area contributed by atoms with Crippen LogP contribution in [0.25, 0.3) is 22.2 Å². The van der Waals surface area contributed by atoms with Crippen molar-refractivity contribution < 1.29 is 4.79 Å². The maximum atomic E-state index is 13.3. The molecule has 2 N–H and O–H groups in total. The number of carbonyl (C=O) groups excluding carboxylic acids is 1. The third-order valence-electron chi connectivity index (χ3n) is 5.02. The Bertz CT molecular complexity index is 1280. The van der Waals surface area contributed by atoms with Crippen molar-refractivity contribution in [2.75, 3.05) is 0 Å². The summed E-state index contributed by atoms with van der Waals surface area (Å²) in [5, 5.41) is 0.396. The minimum Gasteiger partial charge on any atom is -0.336 e. The first-order valence-corrected chi connectivity index (χ1v) is 9.92. The monoisotopic (exact) mass is 395 g/mol. The number of carbonyl (C=O) groups is 1. The van der Waals surface area contributed by atoms with Crippen molar-refractivity contribution in [2.24, 2.45) is 0 Å². The molecule has 0 spiro atoms. The Balaban J connectivity index is 1.86. The average Bonchev–Trinajstić information content (AvgIpc) is 3.17. The summed E-state index contributed by atoms with van der Waals surface area (Å²) in [5.74, 6) is 3.02. The summed E-state index contributed by atoms with van der Waals surface area (Å²) in [7, 11) is 0. The van der Waals surface area contributed by atoms with Crippen LogP contribution in [0.5, 0.6) is 0 Å². The fourth-order valence-corrected chi connectivity index (χ4v) is 3.58. The van der Waals surface area contributed by atoms with Gasteiger partial charge in [0.1, 0.15) is 11.5 Å². The minimum atomic E-state index is -0.255. The van der Waals surface area contributed by atoms with Gasteiger partial charge >= 0.3 is 0 Å². The quantitative estimate of drug-likeness (QED) is 0.275. The van der Waals surface area contributed by atoms with Gasteiger partial charge in [-0.2, -0.15) is 0 Å². The topological polar surface area (TPSA) is 78.6 Å². The number of unbranched alkanes of at least 4 members (excludes halogenated alkanes) is 2. The van der Waals surface area contributed by atoms with Gasteiger partial charge in [-0.3, -0.25) is 9.59 Å². The molecule has 5 heteroatoms. The fraction of sp³-hybridized carbons (Fsp3) is 0.160. The zero-order chi connectivity index (χ0) is 20.9. The van der Waals surface area contributed by atoms with Crippen LogP contribution in [-0.4, -0.2) is 20.7 Å². The summed E-state index contributed by atoms with van der Waals surface area (Å²) in [6, 6.07) is 18.4. The van der Waals surface area contributed by atoms with Crippen molar-refractivity contribution in [3.05, 3.63) is 88.1 Å². The number of rotatable bonds is 7. The SMILES string of the molecule is C#CCCCCc1nc2[nH]c(C(=O)c3ccccc3)c(-c3ccccc3)c2c(=O)[nH]1. The van der Waals surface area contributed by atoms with Crippen molar-refractivity contribution in [1.82, 2.24) is 15.0 Å². The van der Waals surface area contributed by atoms with Gasteiger partial charge in [-0.15, -0.1) is 12.3 Å². The molecule has 0 aliphatic heterocycles. The van der Waals surface area contributed by atoms with E-state index in [1.54, 1.807) is 12.1 Å². The highest BCUT2D eigenvalue weighted by Gasteiger charge is 2.23. The lowest BCUT2D eigenvalue weighted by molar-refractivity contribution is 0.103. The van der Waals surface area contributed by atoms with Crippen LogP contribution in [0.3, 0.4) is 0 Å². The normalized spacial score (nSPS) is 10.8. The van der Waals surface area contributed by atoms with Crippen molar-refractivity contribution in [1.29, 1.82) is 0 Å². The zero-order valence-electron chi connectivity index (χ0n) is 16.4. The van der Waals surface area contributed by atoms with Crippen LogP contribution in [0.1, 0.15) is 41.1 Å². The van der Waals surface area contributed by atoms with Gasteiger partial charge in [0, 0.05) is 24.0 Å². The molecule has 5 nitrogen and oxygen atoms in total. The molecule has 0 aliphatic rings. The number of nitrogens with one attached hydrogen (secondary N) is 2. The van der Waals surface area contributed by atoms with Crippen molar-refractivity contribution >= 4 is 16.8 Å². The fourth-order valence-electron chi connectivity index (χ4n) is 3.58. The number of ketones is 1. The largest absolute Gasteiger partial charge is 0.336 e. The van der Waals surface area contributed by atoms with E-state index in [2.05, 4.69) is 20.9 Å². The molecule has 0 fully saturated rings. The Morgan fingerprint density at radius 1 is 0.967 bits per heavy atom. The second kappa shape index (κ2) is 8.62. The predicted molar refractivity (Wildman–Crippen MR) is 118 cm³/mol. The Hall–Kier alpha value is -3.91. The summed E-state index contributed by atoms with van der Waals surface area (Å²) in [4.78, 5) is 36.9. The van der Waals surface area contributed by atoms with Crippen LogP contribution >= 0.6 is 0 Å². The Labute approximate surface area is 174 Å². The van der Waals surface area contributed by atoms with E-state index < -0.39 is 0 Å². The lowest BCUT2D eigenvalue weighted by atomic mass is 9.98. The van der Waals surface area contributed by atoms with Gasteiger partial charge < -0.3 is 9.97 Å². The van der Waals surface area contributed by atoms with Gasteiger partial charge in [-0.25, -0.2) is 4.98 Å². The smallest absolute Gasteiger partial charge is 0.261 e. The molecule has 2 aromatic heterocycles. The molecule has 0 bridgehead atoms. The molecule has 2 aromatic carbocycles. The number of nitrogens with zero attached hydrogens (tertiary/aromatic N) is 1. The van der Waals surface area contributed by atoms with Crippen molar-refractivity contribution in [3.63, 3.8) is 0 Å². The van der Waals surface area contributed by atoms with Crippen LogP contribution < -0.4 is 5.56 Å². The predicted octanol–water partition coefficient (Wildman–Crippen LogP) is 4.50. The van der Waals surface area contributed by atoms with Crippen LogP contribution in [0.4, 0.5) is 0 Å². The van der Waals surface area contributed by atoms with Crippen molar-refractivity contribution in [3.8, 4) is 23.5 Å². The lowest BCUT2D eigenvalue weighted by Crippen LogP contribution is -2.12. The third kappa shape index (κ3) is 3.81. The van der Waals surface area contributed by atoms with E-state index in [0.717, 1.165) is 18.4 Å². The number of terminal acetylenes is 1.